The van der Waals surface area contributed by atoms with Crippen LogP contribution >= 0.6 is 0 Å². The van der Waals surface area contributed by atoms with Crippen molar-refractivity contribution >= 4 is 17.8 Å². The molecule has 4 rings (SSSR count). The molecule has 1 saturated carbocycles. The number of nitrogens with one attached hydrogen (secondary N) is 2. The van der Waals surface area contributed by atoms with E-state index in [9.17, 15) is 9.59 Å². The van der Waals surface area contributed by atoms with Gasteiger partial charge >= 0.3 is 0 Å². The van der Waals surface area contributed by atoms with Gasteiger partial charge in [0.15, 0.2) is 0 Å². The molecule has 8 heteroatoms. The summed E-state index contributed by atoms with van der Waals surface area (Å²) in [4.78, 5) is 39.6. The van der Waals surface area contributed by atoms with Gasteiger partial charge in [-0.15, -0.1) is 0 Å². The van der Waals surface area contributed by atoms with Crippen LogP contribution in [0.25, 0.3) is 0 Å². The number of aromatic nitrogens is 3. The lowest BCUT2D eigenvalue weighted by Crippen LogP contribution is -2.39. The number of nitrogens with zero attached hydrogens (tertiary/aromatic N) is 4. The van der Waals surface area contributed by atoms with E-state index in [-0.39, 0.29) is 17.7 Å². The number of carbonyl (C=O) groups is 2. The smallest absolute Gasteiger partial charge is 0.257 e. The van der Waals surface area contributed by atoms with Crippen molar-refractivity contribution < 1.29 is 9.59 Å². The molecule has 3 heterocycles. The van der Waals surface area contributed by atoms with Gasteiger partial charge in [-0.3, -0.25) is 14.6 Å². The second-order valence-electron chi connectivity index (χ2n) is 7.76. The van der Waals surface area contributed by atoms with E-state index in [2.05, 4.69) is 25.6 Å². The van der Waals surface area contributed by atoms with Crippen LogP contribution in [0.4, 0.5) is 5.95 Å². The molecule has 0 bridgehead atoms. The maximum atomic E-state index is 12.8. The minimum atomic E-state index is -0.0681. The standard InChI is InChI=1S/C21H26N6O2/c1-22-21-25-11-17(12-26-21)20(29)27-8-2-3-16(13-27)18-7-6-15(10-23-18)19(28)24-9-14-4-5-14/h6-7,10-12,14,16H,2-5,8-9,13H2,1H3,(H,24,28)(H,22,25,26)/t16-/m1/s1. The summed E-state index contributed by atoms with van der Waals surface area (Å²) in [5.74, 6) is 1.17. The van der Waals surface area contributed by atoms with E-state index in [0.717, 1.165) is 25.1 Å². The minimum Gasteiger partial charge on any atom is -0.357 e. The average molecular weight is 394 g/mol. The Balaban J connectivity index is 1.38. The SMILES string of the molecule is CNc1ncc(C(=O)N2CCC[C@@H](c3ccc(C(=O)NCC4CC4)cn3)C2)cn1. The van der Waals surface area contributed by atoms with Crippen LogP contribution in [0.3, 0.4) is 0 Å². The van der Waals surface area contributed by atoms with Crippen molar-refractivity contribution in [2.45, 2.75) is 31.6 Å². The number of piperidine rings is 1. The number of pyridine rings is 1. The lowest BCUT2D eigenvalue weighted by molar-refractivity contribution is 0.0705. The van der Waals surface area contributed by atoms with Gasteiger partial charge in [0.1, 0.15) is 0 Å². The summed E-state index contributed by atoms with van der Waals surface area (Å²) in [6.45, 7) is 2.07. The first-order valence-corrected chi connectivity index (χ1v) is 10.2. The Morgan fingerprint density at radius 2 is 1.83 bits per heavy atom. The Morgan fingerprint density at radius 1 is 1.07 bits per heavy atom. The summed E-state index contributed by atoms with van der Waals surface area (Å²) in [6.07, 6.45) is 9.05. The maximum Gasteiger partial charge on any atom is 0.257 e. The Morgan fingerprint density at radius 3 is 2.48 bits per heavy atom. The van der Waals surface area contributed by atoms with Crippen molar-refractivity contribution in [2.75, 3.05) is 32.0 Å². The highest BCUT2D eigenvalue weighted by molar-refractivity contribution is 5.94. The fourth-order valence-electron chi connectivity index (χ4n) is 3.60. The first kappa shape index (κ1) is 19.3. The predicted molar refractivity (Wildman–Crippen MR) is 109 cm³/mol. The van der Waals surface area contributed by atoms with Crippen LogP contribution in [0.2, 0.25) is 0 Å². The first-order valence-electron chi connectivity index (χ1n) is 10.2. The van der Waals surface area contributed by atoms with Gasteiger partial charge in [0.25, 0.3) is 11.8 Å². The topological polar surface area (TPSA) is 100 Å². The minimum absolute atomic E-state index is 0.0616. The third-order valence-corrected chi connectivity index (χ3v) is 5.55. The fourth-order valence-corrected chi connectivity index (χ4v) is 3.60. The van der Waals surface area contributed by atoms with Crippen LogP contribution in [0, 0.1) is 5.92 Å². The summed E-state index contributed by atoms with van der Waals surface area (Å²) in [6, 6.07) is 3.74. The largest absolute Gasteiger partial charge is 0.357 e. The summed E-state index contributed by atoms with van der Waals surface area (Å²) in [5, 5.41) is 5.81. The first-order chi connectivity index (χ1) is 14.1. The van der Waals surface area contributed by atoms with Gasteiger partial charge in [-0.2, -0.15) is 0 Å². The van der Waals surface area contributed by atoms with Crippen molar-refractivity contribution in [3.05, 3.63) is 47.5 Å². The third-order valence-electron chi connectivity index (χ3n) is 5.55. The molecule has 0 radical (unpaired) electrons. The summed E-state index contributed by atoms with van der Waals surface area (Å²) in [7, 11) is 1.74. The Kier molecular flexibility index (Phi) is 5.69. The van der Waals surface area contributed by atoms with Gasteiger partial charge in [-0.1, -0.05) is 0 Å². The molecule has 2 aromatic heterocycles. The van der Waals surface area contributed by atoms with Gasteiger partial charge in [-0.05, 0) is 43.7 Å². The monoisotopic (exact) mass is 394 g/mol. The second-order valence-corrected chi connectivity index (χ2v) is 7.76. The summed E-state index contributed by atoms with van der Waals surface area (Å²) >= 11 is 0. The molecule has 2 N–H and O–H groups in total. The molecule has 1 saturated heterocycles. The molecule has 8 nitrogen and oxygen atoms in total. The zero-order chi connectivity index (χ0) is 20.2. The number of carbonyl (C=O) groups excluding carboxylic acids is 2. The highest BCUT2D eigenvalue weighted by Gasteiger charge is 2.27. The summed E-state index contributed by atoms with van der Waals surface area (Å²) < 4.78 is 0. The molecule has 2 amide bonds. The third kappa shape index (κ3) is 4.70. The molecular weight excluding hydrogens is 368 g/mol. The molecule has 0 aromatic carbocycles. The molecular formula is C21H26N6O2. The Bertz CT molecular complexity index is 864. The molecule has 1 aliphatic heterocycles. The fraction of sp³-hybridized carbons (Fsp3) is 0.476. The lowest BCUT2D eigenvalue weighted by atomic mass is 9.93. The molecule has 1 aliphatic carbocycles. The molecule has 29 heavy (non-hydrogen) atoms. The zero-order valence-corrected chi connectivity index (χ0v) is 16.6. The van der Waals surface area contributed by atoms with Crippen LogP contribution in [-0.4, -0.2) is 58.3 Å². The Labute approximate surface area is 170 Å². The summed E-state index contributed by atoms with van der Waals surface area (Å²) in [5.41, 5.74) is 1.99. The second kappa shape index (κ2) is 8.55. The van der Waals surface area contributed by atoms with Crippen LogP contribution in [0.1, 0.15) is 58.0 Å². The zero-order valence-electron chi connectivity index (χ0n) is 16.6. The highest BCUT2D eigenvalue weighted by Crippen LogP contribution is 2.28. The van der Waals surface area contributed by atoms with E-state index in [4.69, 9.17) is 0 Å². The number of anilines is 1. The van der Waals surface area contributed by atoms with Crippen LogP contribution in [-0.2, 0) is 0 Å². The van der Waals surface area contributed by atoms with Crippen molar-refractivity contribution in [3.8, 4) is 0 Å². The number of rotatable bonds is 6. The normalized spacial score (nSPS) is 18.9. The molecule has 0 unspecified atom stereocenters. The lowest BCUT2D eigenvalue weighted by Gasteiger charge is -2.32. The maximum absolute atomic E-state index is 12.8. The predicted octanol–water partition coefficient (Wildman–Crippen LogP) is 2.07. The highest BCUT2D eigenvalue weighted by atomic mass is 16.2. The number of hydrogen-bond donors (Lipinski definition) is 2. The van der Waals surface area contributed by atoms with Gasteiger partial charge < -0.3 is 15.5 Å². The number of likely N-dealkylation sites (tertiary alicyclic amines) is 1. The number of hydrogen-bond acceptors (Lipinski definition) is 6. The van der Waals surface area contributed by atoms with E-state index in [1.54, 1.807) is 25.6 Å². The molecule has 0 spiro atoms. The van der Waals surface area contributed by atoms with Crippen molar-refractivity contribution in [3.63, 3.8) is 0 Å². The average Bonchev–Trinajstić information content (AvgIpc) is 3.62. The van der Waals surface area contributed by atoms with Gasteiger partial charge in [-0.25, -0.2) is 9.97 Å². The molecule has 152 valence electrons. The van der Waals surface area contributed by atoms with Gasteiger partial charge in [0.2, 0.25) is 5.95 Å². The molecule has 2 aromatic rings. The van der Waals surface area contributed by atoms with Gasteiger partial charge in [0, 0.05) is 56.9 Å². The van der Waals surface area contributed by atoms with Crippen molar-refractivity contribution in [1.29, 1.82) is 0 Å². The van der Waals surface area contributed by atoms with E-state index in [1.165, 1.54) is 12.8 Å². The van der Waals surface area contributed by atoms with Crippen LogP contribution in [0.15, 0.2) is 30.7 Å². The molecule has 1 atom stereocenters. The van der Waals surface area contributed by atoms with E-state index >= 15 is 0 Å². The van der Waals surface area contributed by atoms with Gasteiger partial charge in [0.05, 0.1) is 11.1 Å². The molecule has 2 fully saturated rings. The van der Waals surface area contributed by atoms with E-state index in [1.807, 2.05) is 17.0 Å². The molecule has 2 aliphatic rings. The van der Waals surface area contributed by atoms with Crippen LogP contribution < -0.4 is 10.6 Å². The van der Waals surface area contributed by atoms with Crippen LogP contribution in [0.5, 0.6) is 0 Å². The van der Waals surface area contributed by atoms with E-state index in [0.29, 0.717) is 36.1 Å². The van der Waals surface area contributed by atoms with E-state index < -0.39 is 0 Å². The van der Waals surface area contributed by atoms with Crippen molar-refractivity contribution in [1.82, 2.24) is 25.2 Å². The number of amides is 2. The Hall–Kier alpha value is -3.03. The quantitative estimate of drug-likeness (QED) is 0.778. The van der Waals surface area contributed by atoms with Crippen molar-refractivity contribution in [2.24, 2.45) is 5.92 Å².